The highest BCUT2D eigenvalue weighted by molar-refractivity contribution is 6.03. The summed E-state index contributed by atoms with van der Waals surface area (Å²) >= 11 is 0. The minimum atomic E-state index is -0.225. The van der Waals surface area contributed by atoms with E-state index in [9.17, 15) is 14.9 Å². The summed E-state index contributed by atoms with van der Waals surface area (Å²) in [6.45, 7) is 1.78. The molecule has 33 heavy (non-hydrogen) atoms. The predicted octanol–water partition coefficient (Wildman–Crippen LogP) is 3.00. The first kappa shape index (κ1) is 18.6. The Morgan fingerprint density at radius 1 is 1.12 bits per heavy atom. The highest BCUT2D eigenvalue weighted by atomic mass is 16.5. The topological polar surface area (TPSA) is 103 Å². The number of carbonyl (C=O) groups excluding carboxylic acids is 1. The van der Waals surface area contributed by atoms with E-state index < -0.39 is 0 Å². The summed E-state index contributed by atoms with van der Waals surface area (Å²) in [7, 11) is 0. The fraction of sp³-hybridized carbons (Fsp3) is 0.280. The fourth-order valence-electron chi connectivity index (χ4n) is 5.76. The number of fused-ring (bicyclic) bond motifs is 8. The molecule has 1 amide bonds. The van der Waals surface area contributed by atoms with E-state index in [0.29, 0.717) is 41.9 Å². The molecule has 1 saturated heterocycles. The average molecular weight is 437 g/mol. The second-order valence-electron chi connectivity index (χ2n) is 8.96. The fourth-order valence-corrected chi connectivity index (χ4v) is 5.76. The van der Waals surface area contributed by atoms with Gasteiger partial charge in [-0.05, 0) is 47.7 Å². The number of amides is 1. The number of H-pyrrole nitrogens is 1. The van der Waals surface area contributed by atoms with E-state index in [1.165, 1.54) is 0 Å². The van der Waals surface area contributed by atoms with Gasteiger partial charge in [0, 0.05) is 31.2 Å². The highest BCUT2D eigenvalue weighted by Crippen LogP contribution is 2.47. The zero-order valence-electron chi connectivity index (χ0n) is 17.7. The number of benzene rings is 2. The Labute approximate surface area is 188 Å². The Morgan fingerprint density at radius 2 is 1.97 bits per heavy atom. The van der Waals surface area contributed by atoms with Crippen LogP contribution < -0.4 is 5.56 Å². The van der Waals surface area contributed by atoms with E-state index in [0.717, 1.165) is 40.9 Å². The van der Waals surface area contributed by atoms with Gasteiger partial charge in [-0.25, -0.2) is 4.98 Å². The number of carbonyl (C=O) groups is 1. The Hall–Kier alpha value is -3.96. The molecule has 2 aromatic carbocycles. The highest BCUT2D eigenvalue weighted by Gasteiger charge is 2.44. The molecule has 0 aliphatic carbocycles. The molecule has 0 bridgehead atoms. The Morgan fingerprint density at radius 3 is 2.79 bits per heavy atom. The maximum atomic E-state index is 13.3. The smallest absolute Gasteiger partial charge is 0.274 e. The van der Waals surface area contributed by atoms with Gasteiger partial charge in [0.05, 0.1) is 34.9 Å². The van der Waals surface area contributed by atoms with E-state index in [-0.39, 0.29) is 23.4 Å². The largest absolute Gasteiger partial charge is 0.381 e. The number of nitriles is 1. The van der Waals surface area contributed by atoms with Crippen molar-refractivity contribution in [2.45, 2.75) is 31.3 Å². The van der Waals surface area contributed by atoms with E-state index in [1.54, 1.807) is 18.3 Å². The lowest BCUT2D eigenvalue weighted by Crippen LogP contribution is -2.22. The summed E-state index contributed by atoms with van der Waals surface area (Å²) in [6, 6.07) is 11.5. The maximum absolute atomic E-state index is 13.3. The third-order valence-electron chi connectivity index (χ3n) is 7.32. The third-order valence-corrected chi connectivity index (χ3v) is 7.32. The minimum Gasteiger partial charge on any atom is -0.381 e. The van der Waals surface area contributed by atoms with Gasteiger partial charge in [0.15, 0.2) is 0 Å². The number of hydrogen-bond donors (Lipinski definition) is 1. The number of imidazole rings is 1. The van der Waals surface area contributed by atoms with Crippen molar-refractivity contribution in [2.75, 3.05) is 13.2 Å². The van der Waals surface area contributed by atoms with Crippen LogP contribution in [0.4, 0.5) is 0 Å². The first-order valence-corrected chi connectivity index (χ1v) is 11.1. The van der Waals surface area contributed by atoms with Crippen LogP contribution in [0.1, 0.15) is 63.2 Å². The van der Waals surface area contributed by atoms with Crippen molar-refractivity contribution in [3.63, 3.8) is 0 Å². The van der Waals surface area contributed by atoms with Gasteiger partial charge in [-0.3, -0.25) is 14.0 Å². The van der Waals surface area contributed by atoms with Crippen LogP contribution in [-0.2, 0) is 11.3 Å². The summed E-state index contributed by atoms with van der Waals surface area (Å²) in [5.74, 6) is 1.00. The Bertz CT molecular complexity index is 1600. The number of aromatic amines is 1. The molecule has 1 unspecified atom stereocenters. The van der Waals surface area contributed by atoms with Gasteiger partial charge in [-0.1, -0.05) is 12.1 Å². The monoisotopic (exact) mass is 437 g/mol. The van der Waals surface area contributed by atoms with Crippen LogP contribution >= 0.6 is 0 Å². The molecule has 8 heteroatoms. The molecule has 3 aliphatic rings. The summed E-state index contributed by atoms with van der Waals surface area (Å²) in [6.07, 6.45) is 3.35. The van der Waals surface area contributed by atoms with Crippen molar-refractivity contribution < 1.29 is 9.53 Å². The molecule has 0 radical (unpaired) electrons. The molecule has 1 N–H and O–H groups in total. The zero-order valence-corrected chi connectivity index (χ0v) is 17.7. The van der Waals surface area contributed by atoms with Crippen molar-refractivity contribution in [3.05, 3.63) is 80.5 Å². The van der Waals surface area contributed by atoms with Crippen LogP contribution in [0.25, 0.3) is 16.6 Å². The molecule has 3 aliphatic heterocycles. The molecule has 7 rings (SSSR count). The number of aromatic nitrogens is 3. The molecule has 1 fully saturated rings. The van der Waals surface area contributed by atoms with E-state index in [1.807, 2.05) is 27.5 Å². The lowest BCUT2D eigenvalue weighted by atomic mass is 9.94. The van der Waals surface area contributed by atoms with Crippen LogP contribution in [0.5, 0.6) is 0 Å². The molecule has 8 nitrogen and oxygen atoms in total. The van der Waals surface area contributed by atoms with Gasteiger partial charge in [-0.15, -0.1) is 0 Å². The molecular formula is C25H19N5O3. The second kappa shape index (κ2) is 6.53. The lowest BCUT2D eigenvalue weighted by molar-refractivity contribution is 0.0759. The van der Waals surface area contributed by atoms with Crippen LogP contribution in [0.3, 0.4) is 0 Å². The maximum Gasteiger partial charge on any atom is 0.274 e. The average Bonchev–Trinajstić information content (AvgIpc) is 3.52. The first-order chi connectivity index (χ1) is 16.2. The van der Waals surface area contributed by atoms with Crippen LogP contribution in [0.15, 0.2) is 41.3 Å². The lowest BCUT2D eigenvalue weighted by Gasteiger charge is -2.21. The number of rotatable bonds is 1. The zero-order chi connectivity index (χ0) is 22.3. The van der Waals surface area contributed by atoms with Gasteiger partial charge < -0.3 is 14.6 Å². The molecule has 5 heterocycles. The van der Waals surface area contributed by atoms with Crippen molar-refractivity contribution in [2.24, 2.45) is 0 Å². The second-order valence-corrected chi connectivity index (χ2v) is 8.96. The molecule has 2 aromatic heterocycles. The van der Waals surface area contributed by atoms with Crippen LogP contribution in [0.2, 0.25) is 0 Å². The van der Waals surface area contributed by atoms with Crippen molar-refractivity contribution in [1.82, 2.24) is 19.3 Å². The first-order valence-electron chi connectivity index (χ1n) is 11.1. The number of nitrogens with zero attached hydrogens (tertiary/aromatic N) is 4. The van der Waals surface area contributed by atoms with E-state index in [2.05, 4.69) is 16.0 Å². The quantitative estimate of drug-likeness (QED) is 0.493. The van der Waals surface area contributed by atoms with Crippen LogP contribution in [0, 0.1) is 11.3 Å². The van der Waals surface area contributed by atoms with E-state index >= 15 is 0 Å². The minimum absolute atomic E-state index is 0.0757. The summed E-state index contributed by atoms with van der Waals surface area (Å²) in [4.78, 5) is 35.6. The van der Waals surface area contributed by atoms with Crippen LogP contribution in [-0.4, -0.2) is 38.4 Å². The number of ether oxygens (including phenoxy) is 1. The van der Waals surface area contributed by atoms with Crippen molar-refractivity contribution >= 4 is 22.5 Å². The molecule has 0 saturated carbocycles. The number of hydrogen-bond acceptors (Lipinski definition) is 5. The Kier molecular flexibility index (Phi) is 3.68. The molecule has 0 spiro atoms. The van der Waals surface area contributed by atoms with Gasteiger partial charge in [0.2, 0.25) is 0 Å². The summed E-state index contributed by atoms with van der Waals surface area (Å²) < 4.78 is 7.48. The van der Waals surface area contributed by atoms with Gasteiger partial charge in [-0.2, -0.15) is 5.26 Å². The number of nitrogens with one attached hydrogen (secondary N) is 1. The molecular weight excluding hydrogens is 418 g/mol. The summed E-state index contributed by atoms with van der Waals surface area (Å²) in [5.41, 5.74) is 5.77. The normalized spacial score (nSPS) is 19.7. The van der Waals surface area contributed by atoms with Crippen molar-refractivity contribution in [1.29, 1.82) is 5.26 Å². The standard InChI is InChI=1S/C25H19N5O3/c26-10-14-2-1-3-15-18(14)12-29-22(15)16-9-20-19(8-17(16)25(29)32)28-24(31)21-11-27-23(30(20)21)13-4-6-33-7-5-13/h1-3,8-9,11,13,22H,4-7,12H2,(H,28,31). The molecule has 1 atom stereocenters. The third kappa shape index (κ3) is 2.40. The van der Waals surface area contributed by atoms with Gasteiger partial charge >= 0.3 is 0 Å². The van der Waals surface area contributed by atoms with Crippen molar-refractivity contribution in [3.8, 4) is 6.07 Å². The van der Waals surface area contributed by atoms with Gasteiger partial charge in [0.1, 0.15) is 11.3 Å². The van der Waals surface area contributed by atoms with E-state index in [4.69, 9.17) is 4.74 Å². The Balaban J connectivity index is 1.50. The molecule has 4 aromatic rings. The summed E-state index contributed by atoms with van der Waals surface area (Å²) in [5, 5.41) is 9.54. The predicted molar refractivity (Wildman–Crippen MR) is 119 cm³/mol. The van der Waals surface area contributed by atoms with Gasteiger partial charge in [0.25, 0.3) is 11.5 Å². The SMILES string of the molecule is N#Cc1cccc2c1CN1C(=O)c3cc4[nH]c(=O)c5cnc(C6CCOCC6)n5c4cc3C21. The molecule has 162 valence electrons.